The van der Waals surface area contributed by atoms with Gasteiger partial charge in [-0.2, -0.15) is 0 Å². The Hall–Kier alpha value is -2.11. The molecule has 0 spiro atoms. The lowest BCUT2D eigenvalue weighted by Crippen LogP contribution is -2.66. The van der Waals surface area contributed by atoms with Crippen molar-refractivity contribution in [3.8, 4) is 0 Å². The first-order chi connectivity index (χ1) is 15.8. The monoisotopic (exact) mass is 495 g/mol. The molecule has 7 atom stereocenters. The fraction of sp³-hybridized carbons (Fsp3) is 0.739. The number of aliphatic carboxylic acids is 1. The van der Waals surface area contributed by atoms with E-state index in [2.05, 4.69) is 10.6 Å². The van der Waals surface area contributed by atoms with Crippen LogP contribution in [0.1, 0.15) is 40.5 Å². The number of carbonyl (C=O) groups is 4. The highest BCUT2D eigenvalue weighted by Gasteiger charge is 2.60. The van der Waals surface area contributed by atoms with Crippen molar-refractivity contribution in [1.29, 1.82) is 0 Å². The maximum Gasteiger partial charge on any atom is 0.353 e. The van der Waals surface area contributed by atoms with Crippen LogP contribution in [0.5, 0.6) is 0 Å². The Bertz CT molecular complexity index is 891. The van der Waals surface area contributed by atoms with Crippen LogP contribution >= 0.6 is 11.8 Å². The molecular formula is C23H37N5O5S. The van der Waals surface area contributed by atoms with Gasteiger partial charge in [0.15, 0.2) is 0 Å². The van der Waals surface area contributed by atoms with E-state index in [4.69, 9.17) is 5.73 Å². The van der Waals surface area contributed by atoms with Crippen molar-refractivity contribution in [2.24, 2.45) is 23.5 Å². The summed E-state index contributed by atoms with van der Waals surface area (Å²) in [5, 5.41) is 16.0. The first-order valence-electron chi connectivity index (χ1n) is 11.8. The summed E-state index contributed by atoms with van der Waals surface area (Å²) in [6.45, 7) is 8.26. The number of hydrogen-bond acceptors (Lipinski definition) is 7. The van der Waals surface area contributed by atoms with Crippen LogP contribution in [0.2, 0.25) is 0 Å². The number of nitrogens with zero attached hydrogens (tertiary/aromatic N) is 2. The van der Waals surface area contributed by atoms with E-state index in [1.54, 1.807) is 25.9 Å². The molecule has 11 heteroatoms. The SMILES string of the molecule is CC(C)CC(N)C(=O)NC(C)[C@H]1C(=O)N2C(C(=O)O)=C(S[C@@H]3CN[C@H](C(=O)N(C)C)C3)[C@H](C)[C@H]12. The smallest absolute Gasteiger partial charge is 0.353 e. The average Bonchev–Trinajstić information content (AvgIpc) is 3.29. The van der Waals surface area contributed by atoms with Crippen LogP contribution in [0.25, 0.3) is 0 Å². The van der Waals surface area contributed by atoms with Crippen molar-refractivity contribution < 1.29 is 24.3 Å². The number of carboxylic acid groups (broad SMARTS) is 1. The number of amides is 3. The highest BCUT2D eigenvalue weighted by molar-refractivity contribution is 8.03. The second-order valence-electron chi connectivity index (χ2n) is 10.2. The Balaban J connectivity index is 1.71. The van der Waals surface area contributed by atoms with Crippen molar-refractivity contribution in [3.05, 3.63) is 10.6 Å². The minimum atomic E-state index is -1.13. The quantitative estimate of drug-likeness (QED) is 0.332. The molecule has 0 aromatic rings. The second-order valence-corrected chi connectivity index (χ2v) is 11.6. The van der Waals surface area contributed by atoms with Gasteiger partial charge in [-0.15, -0.1) is 11.8 Å². The molecule has 3 aliphatic heterocycles. The second kappa shape index (κ2) is 10.2. The molecule has 0 aromatic heterocycles. The topological polar surface area (TPSA) is 145 Å². The molecule has 0 saturated carbocycles. The van der Waals surface area contributed by atoms with Gasteiger partial charge in [0, 0.05) is 42.8 Å². The molecule has 2 unspecified atom stereocenters. The van der Waals surface area contributed by atoms with E-state index in [1.165, 1.54) is 16.7 Å². The van der Waals surface area contributed by atoms with E-state index < -0.39 is 24.0 Å². The van der Waals surface area contributed by atoms with Crippen molar-refractivity contribution >= 4 is 35.5 Å². The van der Waals surface area contributed by atoms with Gasteiger partial charge in [-0.05, 0) is 25.7 Å². The van der Waals surface area contributed by atoms with Crippen LogP contribution in [-0.2, 0) is 19.2 Å². The standard InChI is InChI=1S/C23H37N5O5S/c1-10(2)7-14(24)20(29)26-12(4)16-17-11(3)19(18(23(32)33)28(17)22(16)31)34-13-8-15(25-9-13)21(30)27(5)6/h10-17,25H,7-9,24H2,1-6H3,(H,26,29)(H,32,33)/t11-,12?,13+,14?,15+,16-,17-/m1/s1. The summed E-state index contributed by atoms with van der Waals surface area (Å²) in [5.41, 5.74) is 6.02. The van der Waals surface area contributed by atoms with Crippen molar-refractivity contribution in [2.45, 2.75) is 70.0 Å². The van der Waals surface area contributed by atoms with E-state index in [9.17, 15) is 24.3 Å². The maximum atomic E-state index is 13.0. The third-order valence-electron chi connectivity index (χ3n) is 6.89. The maximum absolute atomic E-state index is 13.0. The molecule has 0 bridgehead atoms. The molecule has 3 amide bonds. The van der Waals surface area contributed by atoms with Gasteiger partial charge in [0.25, 0.3) is 0 Å². The van der Waals surface area contributed by atoms with Crippen LogP contribution in [0.4, 0.5) is 0 Å². The highest BCUT2D eigenvalue weighted by atomic mass is 32.2. The Kier molecular flexibility index (Phi) is 7.99. The lowest BCUT2D eigenvalue weighted by Gasteiger charge is -2.47. The first-order valence-corrected chi connectivity index (χ1v) is 12.7. The normalized spacial score (nSPS) is 30.2. The summed E-state index contributed by atoms with van der Waals surface area (Å²) in [7, 11) is 3.42. The number of carbonyl (C=O) groups excluding carboxylic acids is 3. The van der Waals surface area contributed by atoms with Crippen molar-refractivity contribution in [2.75, 3.05) is 20.6 Å². The van der Waals surface area contributed by atoms with Crippen LogP contribution < -0.4 is 16.4 Å². The van der Waals surface area contributed by atoms with Crippen LogP contribution in [0.3, 0.4) is 0 Å². The number of likely N-dealkylation sites (N-methyl/N-ethyl adjacent to an activating group) is 1. The number of β-lactam (4-membered cyclic amide) rings is 1. The molecule has 5 N–H and O–H groups in total. The minimum absolute atomic E-state index is 0.00527. The number of rotatable bonds is 9. The zero-order valence-corrected chi connectivity index (χ0v) is 21.5. The molecule has 3 aliphatic rings. The molecule has 3 heterocycles. The molecule has 34 heavy (non-hydrogen) atoms. The average molecular weight is 496 g/mol. The summed E-state index contributed by atoms with van der Waals surface area (Å²) >= 11 is 1.45. The van der Waals surface area contributed by atoms with E-state index in [-0.39, 0.29) is 52.6 Å². The van der Waals surface area contributed by atoms with Gasteiger partial charge in [-0.1, -0.05) is 20.8 Å². The number of hydrogen-bond donors (Lipinski definition) is 4. The third-order valence-corrected chi connectivity index (χ3v) is 8.40. The largest absolute Gasteiger partial charge is 0.477 e. The van der Waals surface area contributed by atoms with Gasteiger partial charge in [-0.25, -0.2) is 4.79 Å². The summed E-state index contributed by atoms with van der Waals surface area (Å²) < 4.78 is 0. The molecule has 10 nitrogen and oxygen atoms in total. The van der Waals surface area contributed by atoms with Crippen LogP contribution in [-0.4, -0.2) is 88.7 Å². The lowest BCUT2D eigenvalue weighted by atomic mass is 9.78. The van der Waals surface area contributed by atoms with Crippen molar-refractivity contribution in [1.82, 2.24) is 20.4 Å². The number of fused-ring (bicyclic) bond motifs is 1. The molecule has 3 rings (SSSR count). The summed E-state index contributed by atoms with van der Waals surface area (Å²) in [6, 6.07) is -1.74. The Labute approximate surface area is 205 Å². The lowest BCUT2D eigenvalue weighted by molar-refractivity contribution is -0.158. The fourth-order valence-electron chi connectivity index (χ4n) is 5.21. The van der Waals surface area contributed by atoms with Crippen LogP contribution in [0, 0.1) is 17.8 Å². The molecule has 2 fully saturated rings. The van der Waals surface area contributed by atoms with Gasteiger partial charge in [0.1, 0.15) is 5.70 Å². The molecule has 0 aliphatic carbocycles. The van der Waals surface area contributed by atoms with E-state index in [0.29, 0.717) is 24.3 Å². The highest BCUT2D eigenvalue weighted by Crippen LogP contribution is 2.51. The Morgan fingerprint density at radius 2 is 1.94 bits per heavy atom. The first kappa shape index (κ1) is 26.5. The summed E-state index contributed by atoms with van der Waals surface area (Å²) in [6.07, 6.45) is 1.13. The fourth-order valence-corrected chi connectivity index (χ4v) is 6.68. The number of nitrogens with two attached hydrogens (primary N) is 1. The van der Waals surface area contributed by atoms with E-state index >= 15 is 0 Å². The van der Waals surface area contributed by atoms with E-state index in [1.807, 2.05) is 20.8 Å². The molecule has 0 aromatic carbocycles. The number of carboxylic acids is 1. The van der Waals surface area contributed by atoms with E-state index in [0.717, 1.165) is 0 Å². The number of thioether (sulfide) groups is 1. The zero-order chi connectivity index (χ0) is 25.5. The van der Waals surface area contributed by atoms with Gasteiger partial charge in [0.2, 0.25) is 17.7 Å². The van der Waals surface area contributed by atoms with Gasteiger partial charge < -0.3 is 31.3 Å². The summed E-state index contributed by atoms with van der Waals surface area (Å²) in [5.74, 6) is -2.16. The van der Waals surface area contributed by atoms with Gasteiger partial charge in [0.05, 0.1) is 24.0 Å². The zero-order valence-electron chi connectivity index (χ0n) is 20.7. The van der Waals surface area contributed by atoms with Crippen LogP contribution in [0.15, 0.2) is 10.6 Å². The van der Waals surface area contributed by atoms with Crippen molar-refractivity contribution in [3.63, 3.8) is 0 Å². The predicted octanol–water partition coefficient (Wildman–Crippen LogP) is 0.189. The molecule has 0 radical (unpaired) electrons. The predicted molar refractivity (Wildman–Crippen MR) is 129 cm³/mol. The summed E-state index contributed by atoms with van der Waals surface area (Å²) in [4.78, 5) is 53.6. The minimum Gasteiger partial charge on any atom is -0.477 e. The molecule has 2 saturated heterocycles. The Morgan fingerprint density at radius 1 is 1.29 bits per heavy atom. The van der Waals surface area contributed by atoms with Gasteiger partial charge in [-0.3, -0.25) is 14.4 Å². The molecular weight excluding hydrogens is 458 g/mol. The van der Waals surface area contributed by atoms with Gasteiger partial charge >= 0.3 is 5.97 Å². The Morgan fingerprint density at radius 3 is 2.50 bits per heavy atom. The third kappa shape index (κ3) is 4.96. The number of nitrogens with one attached hydrogen (secondary N) is 2. The molecule has 190 valence electrons.